The van der Waals surface area contributed by atoms with Gasteiger partial charge in [0.05, 0.1) is 58.0 Å². The van der Waals surface area contributed by atoms with Gasteiger partial charge in [0.2, 0.25) is 0 Å². The Morgan fingerprint density at radius 3 is 2.76 bits per heavy atom. The van der Waals surface area contributed by atoms with Crippen LogP contribution in [0.3, 0.4) is 0 Å². The summed E-state index contributed by atoms with van der Waals surface area (Å²) in [6.45, 7) is 0.190. The van der Waals surface area contributed by atoms with E-state index < -0.39 is 23.7 Å². The molecule has 4 aromatic rings. The fourth-order valence-corrected chi connectivity index (χ4v) is 4.64. The van der Waals surface area contributed by atoms with Gasteiger partial charge in [-0.2, -0.15) is 18.3 Å². The molecule has 0 bridgehead atoms. The number of aromatic nitrogens is 3. The molecule has 0 spiro atoms. The number of hydrogen-bond acceptors (Lipinski definition) is 5. The van der Waals surface area contributed by atoms with Crippen LogP contribution in [0.1, 0.15) is 33.1 Å². The van der Waals surface area contributed by atoms with Crippen molar-refractivity contribution in [3.63, 3.8) is 0 Å². The topological polar surface area (TPSA) is 86.3 Å². The Morgan fingerprint density at radius 2 is 2.03 bits per heavy atom. The highest BCUT2D eigenvalue weighted by Gasteiger charge is 2.34. The zero-order valence-corrected chi connectivity index (χ0v) is 18.9. The number of carbonyl (C=O) groups is 1. The van der Waals surface area contributed by atoms with Crippen molar-refractivity contribution >= 4 is 45.1 Å². The maximum atomic E-state index is 13.5. The normalized spacial score (nSPS) is 16.1. The quantitative estimate of drug-likeness (QED) is 0.440. The van der Waals surface area contributed by atoms with Crippen molar-refractivity contribution in [2.75, 3.05) is 19.4 Å². The molecule has 2 aromatic carbocycles. The first kappa shape index (κ1) is 22.4. The lowest BCUT2D eigenvalue weighted by atomic mass is 9.95. The highest BCUT2D eigenvalue weighted by atomic mass is 35.5. The first-order valence-corrected chi connectivity index (χ1v) is 10.7. The number of rotatable bonds is 2. The van der Waals surface area contributed by atoms with Crippen molar-refractivity contribution in [1.29, 1.82) is 0 Å². The van der Waals surface area contributed by atoms with Crippen LogP contribution in [-0.4, -0.2) is 39.2 Å². The fourth-order valence-electron chi connectivity index (χ4n) is 4.40. The van der Waals surface area contributed by atoms with Gasteiger partial charge < -0.3 is 15.4 Å². The number of nitrogens with zero attached hydrogens (tertiary/aromatic N) is 4. The van der Waals surface area contributed by atoms with E-state index >= 15 is 0 Å². The number of aryl methyl sites for hydroxylation is 1. The average Bonchev–Trinajstić information content (AvgIpc) is 3.19. The second-order valence-corrected chi connectivity index (χ2v) is 8.64. The monoisotopic (exact) mass is 489 g/mol. The minimum Gasteiger partial charge on any atom is -0.383 e. The number of amides is 1. The molecule has 1 amide bonds. The standard InChI is InChI=1S/C23H19ClF3N5O2/c1-31(19-10-34-9-11-5-12(23(25,26)27)3-4-13(11)19)22(33)14-6-15-18(7-17(14)24)30-21(28)16-8-29-32(2)20(15)16/h3-8,19H,9-10H2,1-2H3,(H2,28,30)/t19-/m1/s1. The van der Waals surface area contributed by atoms with E-state index in [9.17, 15) is 18.0 Å². The van der Waals surface area contributed by atoms with Crippen molar-refractivity contribution in [3.05, 3.63) is 63.8 Å². The number of anilines is 1. The number of likely N-dealkylation sites (N-methyl/N-ethyl adjacent to an activating group) is 1. The van der Waals surface area contributed by atoms with Gasteiger partial charge in [0, 0.05) is 19.5 Å². The van der Waals surface area contributed by atoms with Crippen LogP contribution in [0.2, 0.25) is 5.02 Å². The van der Waals surface area contributed by atoms with E-state index in [-0.39, 0.29) is 23.8 Å². The maximum Gasteiger partial charge on any atom is 0.416 e. The molecule has 1 aliphatic heterocycles. The van der Waals surface area contributed by atoms with E-state index in [4.69, 9.17) is 22.1 Å². The lowest BCUT2D eigenvalue weighted by Gasteiger charge is -2.33. The molecular formula is C23H19ClF3N5O2. The third kappa shape index (κ3) is 3.54. The maximum absolute atomic E-state index is 13.5. The molecule has 0 saturated carbocycles. The van der Waals surface area contributed by atoms with Crippen LogP contribution in [0.4, 0.5) is 19.0 Å². The lowest BCUT2D eigenvalue weighted by Crippen LogP contribution is -2.36. The predicted octanol–water partition coefficient (Wildman–Crippen LogP) is 4.72. The first-order valence-electron chi connectivity index (χ1n) is 10.3. The number of benzene rings is 2. The third-order valence-corrected chi connectivity index (χ3v) is 6.49. The summed E-state index contributed by atoms with van der Waals surface area (Å²) in [5.74, 6) is -0.0996. The summed E-state index contributed by atoms with van der Waals surface area (Å²) in [5, 5.41) is 5.72. The number of halogens is 4. The Balaban J connectivity index is 1.56. The van der Waals surface area contributed by atoms with Crippen molar-refractivity contribution in [2.45, 2.75) is 18.8 Å². The molecule has 0 unspecified atom stereocenters. The molecular weight excluding hydrogens is 471 g/mol. The molecule has 0 fully saturated rings. The van der Waals surface area contributed by atoms with Crippen LogP contribution < -0.4 is 5.73 Å². The number of nitrogen functional groups attached to an aromatic ring is 1. The molecule has 3 heterocycles. The molecule has 2 aromatic heterocycles. The van der Waals surface area contributed by atoms with E-state index in [1.54, 1.807) is 37.1 Å². The Labute approximate surface area is 196 Å². The van der Waals surface area contributed by atoms with Crippen molar-refractivity contribution in [2.24, 2.45) is 7.05 Å². The predicted molar refractivity (Wildman–Crippen MR) is 121 cm³/mol. The van der Waals surface area contributed by atoms with Gasteiger partial charge in [-0.3, -0.25) is 9.48 Å². The van der Waals surface area contributed by atoms with Crippen LogP contribution in [-0.2, 0) is 24.6 Å². The van der Waals surface area contributed by atoms with E-state index in [0.717, 1.165) is 12.1 Å². The van der Waals surface area contributed by atoms with Gasteiger partial charge in [0.1, 0.15) is 5.82 Å². The lowest BCUT2D eigenvalue weighted by molar-refractivity contribution is -0.137. The Kier molecular flexibility index (Phi) is 5.18. The summed E-state index contributed by atoms with van der Waals surface area (Å²) in [7, 11) is 3.33. The van der Waals surface area contributed by atoms with Crippen LogP contribution in [0.15, 0.2) is 36.5 Å². The number of ether oxygens (including phenoxy) is 1. The first-order chi connectivity index (χ1) is 16.1. The van der Waals surface area contributed by atoms with Crippen molar-refractivity contribution in [1.82, 2.24) is 19.7 Å². The van der Waals surface area contributed by atoms with Crippen LogP contribution >= 0.6 is 11.6 Å². The molecule has 7 nitrogen and oxygen atoms in total. The molecule has 2 N–H and O–H groups in total. The number of fused-ring (bicyclic) bond motifs is 4. The summed E-state index contributed by atoms with van der Waals surface area (Å²) in [4.78, 5) is 19.3. The third-order valence-electron chi connectivity index (χ3n) is 6.18. The molecule has 1 aliphatic rings. The fraction of sp³-hybridized carbons (Fsp3) is 0.261. The van der Waals surface area contributed by atoms with Crippen LogP contribution in [0.25, 0.3) is 21.8 Å². The number of hydrogen-bond donors (Lipinski definition) is 1. The molecule has 11 heteroatoms. The van der Waals surface area contributed by atoms with E-state index in [0.29, 0.717) is 38.8 Å². The number of carbonyl (C=O) groups excluding carboxylic acids is 1. The van der Waals surface area contributed by atoms with E-state index in [1.807, 2.05) is 0 Å². The number of nitrogens with two attached hydrogens (primary N) is 1. The molecule has 34 heavy (non-hydrogen) atoms. The molecule has 1 atom stereocenters. The summed E-state index contributed by atoms with van der Waals surface area (Å²) in [5.41, 5.74) is 7.75. The Hall–Kier alpha value is -3.37. The highest BCUT2D eigenvalue weighted by Crippen LogP contribution is 2.37. The zero-order chi connectivity index (χ0) is 24.4. The van der Waals surface area contributed by atoms with Crippen LogP contribution in [0.5, 0.6) is 0 Å². The summed E-state index contributed by atoms with van der Waals surface area (Å²) in [6.07, 6.45) is -2.86. The number of pyridine rings is 1. The summed E-state index contributed by atoms with van der Waals surface area (Å²) < 4.78 is 46.6. The molecule has 0 aliphatic carbocycles. The molecule has 0 radical (unpaired) electrons. The van der Waals surface area contributed by atoms with Gasteiger partial charge in [-0.1, -0.05) is 17.7 Å². The van der Waals surface area contributed by atoms with Crippen molar-refractivity contribution in [3.8, 4) is 0 Å². The molecule has 0 saturated heterocycles. The second-order valence-electron chi connectivity index (χ2n) is 8.24. The van der Waals surface area contributed by atoms with Gasteiger partial charge in [0.15, 0.2) is 0 Å². The summed E-state index contributed by atoms with van der Waals surface area (Å²) in [6, 6.07) is 6.13. The Bertz CT molecular complexity index is 1470. The van der Waals surface area contributed by atoms with Gasteiger partial charge in [-0.15, -0.1) is 0 Å². The van der Waals surface area contributed by atoms with Gasteiger partial charge in [-0.05, 0) is 35.4 Å². The van der Waals surface area contributed by atoms with E-state index in [2.05, 4.69) is 10.1 Å². The van der Waals surface area contributed by atoms with Crippen LogP contribution in [0, 0.1) is 0 Å². The zero-order valence-electron chi connectivity index (χ0n) is 18.2. The minimum absolute atomic E-state index is 0.0417. The second kappa shape index (κ2) is 7.85. The smallest absolute Gasteiger partial charge is 0.383 e. The highest BCUT2D eigenvalue weighted by molar-refractivity contribution is 6.35. The van der Waals surface area contributed by atoms with Gasteiger partial charge >= 0.3 is 6.18 Å². The average molecular weight is 490 g/mol. The van der Waals surface area contributed by atoms with E-state index in [1.165, 1.54) is 11.0 Å². The molecule has 176 valence electrons. The van der Waals surface area contributed by atoms with Gasteiger partial charge in [-0.25, -0.2) is 4.98 Å². The van der Waals surface area contributed by atoms with Gasteiger partial charge in [0.25, 0.3) is 5.91 Å². The largest absolute Gasteiger partial charge is 0.416 e. The minimum atomic E-state index is -4.46. The Morgan fingerprint density at radius 1 is 1.26 bits per heavy atom. The molecule has 5 rings (SSSR count). The van der Waals surface area contributed by atoms with Crippen molar-refractivity contribution < 1.29 is 22.7 Å². The number of alkyl halides is 3. The summed E-state index contributed by atoms with van der Waals surface area (Å²) >= 11 is 6.46. The SMILES string of the molecule is CN(C(=O)c1cc2c(cc1Cl)nc(N)c1cnn(C)c12)[C@@H]1COCc2cc(C(F)(F)F)ccc21.